The fraction of sp³-hybridized carbons (Fsp3) is 0.583. The number of β-amino-alcohol motifs (C(OH)–C–C–N with tert-alkyl or cyclic N) is 1. The van der Waals surface area contributed by atoms with E-state index in [1.54, 1.807) is 0 Å². The summed E-state index contributed by atoms with van der Waals surface area (Å²) in [4.78, 5) is 5.35. The molecule has 1 N–H and O–H groups in total. The van der Waals surface area contributed by atoms with Gasteiger partial charge >= 0.3 is 6.18 Å². The fourth-order valence-electron chi connectivity index (χ4n) is 2.54. The highest BCUT2D eigenvalue weighted by atomic mass is 79.9. The molecule has 0 aromatic carbocycles. The molecule has 0 radical (unpaired) electrons. The molecule has 2 aliphatic rings. The lowest BCUT2D eigenvalue weighted by atomic mass is 9.88. The first-order chi connectivity index (χ1) is 8.79. The van der Waals surface area contributed by atoms with E-state index in [4.69, 9.17) is 0 Å². The Labute approximate surface area is 116 Å². The van der Waals surface area contributed by atoms with Gasteiger partial charge in [0.1, 0.15) is 11.4 Å². The maximum Gasteiger partial charge on any atom is 0.419 e. The van der Waals surface area contributed by atoms with Gasteiger partial charge in [-0.1, -0.05) is 0 Å². The molecule has 104 valence electrons. The van der Waals surface area contributed by atoms with Crippen molar-refractivity contribution in [1.29, 1.82) is 0 Å². The molecule has 3 rings (SSSR count). The van der Waals surface area contributed by atoms with E-state index in [9.17, 15) is 18.3 Å². The predicted octanol–water partition coefficient (Wildman–Crippen LogP) is 2.82. The van der Waals surface area contributed by atoms with Gasteiger partial charge in [-0.2, -0.15) is 13.2 Å². The predicted molar refractivity (Wildman–Crippen MR) is 66.8 cm³/mol. The maximum atomic E-state index is 13.0. The van der Waals surface area contributed by atoms with Gasteiger partial charge in [0.25, 0.3) is 0 Å². The number of hydrogen-bond acceptors (Lipinski definition) is 3. The molecular formula is C12H12BrF3N2O. The third-order valence-corrected chi connectivity index (χ3v) is 4.14. The fourth-order valence-corrected chi connectivity index (χ4v) is 2.87. The van der Waals surface area contributed by atoms with E-state index in [1.807, 2.05) is 0 Å². The second-order valence-corrected chi connectivity index (χ2v) is 6.17. The van der Waals surface area contributed by atoms with Crippen LogP contribution in [-0.4, -0.2) is 28.8 Å². The Balaban J connectivity index is 1.86. The summed E-state index contributed by atoms with van der Waals surface area (Å²) >= 11 is 3.00. The van der Waals surface area contributed by atoms with Crippen LogP contribution >= 0.6 is 15.9 Å². The summed E-state index contributed by atoms with van der Waals surface area (Å²) in [6.07, 6.45) is -1.17. The van der Waals surface area contributed by atoms with Gasteiger partial charge in [-0.15, -0.1) is 0 Å². The van der Waals surface area contributed by atoms with E-state index < -0.39 is 17.3 Å². The molecule has 1 saturated heterocycles. The molecule has 0 unspecified atom stereocenters. The highest BCUT2D eigenvalue weighted by Crippen LogP contribution is 2.47. The van der Waals surface area contributed by atoms with Crippen LogP contribution in [0.15, 0.2) is 16.7 Å². The Hall–Kier alpha value is -0.820. The number of nitrogens with zero attached hydrogens (tertiary/aromatic N) is 2. The van der Waals surface area contributed by atoms with Gasteiger partial charge in [0.05, 0.1) is 18.7 Å². The van der Waals surface area contributed by atoms with Crippen molar-refractivity contribution in [3.63, 3.8) is 0 Å². The molecule has 1 aliphatic carbocycles. The number of aliphatic hydroxyl groups is 1. The molecule has 1 aromatic heterocycles. The molecule has 0 atom stereocenters. The Morgan fingerprint density at radius 1 is 1.37 bits per heavy atom. The van der Waals surface area contributed by atoms with Crippen molar-refractivity contribution in [1.82, 2.24) is 4.98 Å². The van der Waals surface area contributed by atoms with E-state index in [0.29, 0.717) is 4.47 Å². The summed E-state index contributed by atoms with van der Waals surface area (Å²) in [5, 5.41) is 10.2. The van der Waals surface area contributed by atoms with Crippen LogP contribution in [0.25, 0.3) is 0 Å². The van der Waals surface area contributed by atoms with E-state index in [1.165, 1.54) is 11.1 Å². The van der Waals surface area contributed by atoms with Crippen molar-refractivity contribution >= 4 is 21.7 Å². The number of pyridine rings is 1. The first-order valence-corrected chi connectivity index (χ1v) is 6.79. The second kappa shape index (κ2) is 4.09. The van der Waals surface area contributed by atoms with Crippen molar-refractivity contribution in [2.75, 3.05) is 18.0 Å². The lowest BCUT2D eigenvalue weighted by molar-refractivity contribution is -0.137. The smallest absolute Gasteiger partial charge is 0.386 e. The Bertz CT molecular complexity index is 510. The highest BCUT2D eigenvalue weighted by Gasteiger charge is 2.53. The molecule has 19 heavy (non-hydrogen) atoms. The topological polar surface area (TPSA) is 36.4 Å². The molecule has 2 heterocycles. The summed E-state index contributed by atoms with van der Waals surface area (Å²) in [6, 6.07) is 1.02. The SMILES string of the molecule is OC1(C2CC2)CN(c2ncc(Br)cc2C(F)(F)F)C1. The number of alkyl halides is 3. The largest absolute Gasteiger partial charge is 0.419 e. The van der Waals surface area contributed by atoms with E-state index in [2.05, 4.69) is 20.9 Å². The summed E-state index contributed by atoms with van der Waals surface area (Å²) in [6.45, 7) is 0.463. The van der Waals surface area contributed by atoms with Gasteiger partial charge in [0, 0.05) is 10.7 Å². The van der Waals surface area contributed by atoms with Gasteiger partial charge in [-0.25, -0.2) is 4.98 Å². The molecule has 1 aromatic rings. The normalized spacial score (nSPS) is 22.3. The summed E-state index contributed by atoms with van der Waals surface area (Å²) in [7, 11) is 0. The average molecular weight is 337 g/mol. The number of aromatic nitrogens is 1. The van der Waals surface area contributed by atoms with Gasteiger partial charge in [-0.05, 0) is 40.8 Å². The quantitative estimate of drug-likeness (QED) is 0.902. The van der Waals surface area contributed by atoms with Crippen molar-refractivity contribution in [3.05, 3.63) is 22.3 Å². The molecule has 3 nitrogen and oxygen atoms in total. The van der Waals surface area contributed by atoms with E-state index >= 15 is 0 Å². The van der Waals surface area contributed by atoms with E-state index in [-0.39, 0.29) is 24.8 Å². The third-order valence-electron chi connectivity index (χ3n) is 3.70. The second-order valence-electron chi connectivity index (χ2n) is 5.26. The molecule has 0 spiro atoms. The molecular weight excluding hydrogens is 325 g/mol. The van der Waals surface area contributed by atoms with Crippen LogP contribution in [0.1, 0.15) is 18.4 Å². The molecule has 1 saturated carbocycles. The zero-order chi connectivity index (χ0) is 13.8. The van der Waals surface area contributed by atoms with Gasteiger partial charge in [0.15, 0.2) is 0 Å². The third kappa shape index (κ3) is 2.33. The van der Waals surface area contributed by atoms with Gasteiger partial charge in [0.2, 0.25) is 0 Å². The first-order valence-electron chi connectivity index (χ1n) is 6.00. The minimum absolute atomic E-state index is 0.0963. The number of anilines is 1. The zero-order valence-electron chi connectivity index (χ0n) is 9.91. The Morgan fingerprint density at radius 3 is 2.53 bits per heavy atom. The van der Waals surface area contributed by atoms with Crippen LogP contribution < -0.4 is 4.90 Å². The average Bonchev–Trinajstić information content (AvgIpc) is 3.07. The standard InChI is InChI=1S/C12H12BrF3N2O/c13-8-3-9(12(14,15)16)10(17-4-8)18-5-11(19,6-18)7-1-2-7/h3-4,7,19H,1-2,5-6H2. The first kappa shape index (κ1) is 13.2. The molecule has 7 heteroatoms. The molecule has 2 fully saturated rings. The highest BCUT2D eigenvalue weighted by molar-refractivity contribution is 9.10. The van der Waals surface area contributed by atoms with Gasteiger partial charge < -0.3 is 10.0 Å². The summed E-state index contributed by atoms with van der Waals surface area (Å²) < 4.78 is 39.2. The van der Waals surface area contributed by atoms with Crippen molar-refractivity contribution in [2.24, 2.45) is 5.92 Å². The minimum Gasteiger partial charge on any atom is -0.386 e. The zero-order valence-corrected chi connectivity index (χ0v) is 11.5. The lowest BCUT2D eigenvalue weighted by Crippen LogP contribution is -2.64. The maximum absolute atomic E-state index is 13.0. The van der Waals surface area contributed by atoms with E-state index in [0.717, 1.165) is 18.9 Å². The lowest BCUT2D eigenvalue weighted by Gasteiger charge is -2.48. The van der Waals surface area contributed by atoms with Crippen LogP contribution in [-0.2, 0) is 6.18 Å². The molecule has 1 aliphatic heterocycles. The Morgan fingerprint density at radius 2 is 2.00 bits per heavy atom. The minimum atomic E-state index is -4.45. The summed E-state index contributed by atoms with van der Waals surface area (Å²) in [5.74, 6) is 0.148. The van der Waals surface area contributed by atoms with Crippen molar-refractivity contribution < 1.29 is 18.3 Å². The van der Waals surface area contributed by atoms with Crippen LogP contribution in [0.4, 0.5) is 19.0 Å². The number of halogens is 4. The van der Waals surface area contributed by atoms with Crippen LogP contribution in [0.3, 0.4) is 0 Å². The van der Waals surface area contributed by atoms with Crippen LogP contribution in [0.5, 0.6) is 0 Å². The van der Waals surface area contributed by atoms with Crippen LogP contribution in [0.2, 0.25) is 0 Å². The van der Waals surface area contributed by atoms with Crippen molar-refractivity contribution in [3.8, 4) is 0 Å². The monoisotopic (exact) mass is 336 g/mol. The van der Waals surface area contributed by atoms with Crippen LogP contribution in [0, 0.1) is 5.92 Å². The number of hydrogen-bond donors (Lipinski definition) is 1. The molecule has 0 bridgehead atoms. The number of rotatable bonds is 2. The Kier molecular flexibility index (Phi) is 2.83. The summed E-state index contributed by atoms with van der Waals surface area (Å²) in [5.41, 5.74) is -1.59. The van der Waals surface area contributed by atoms with Gasteiger partial charge in [-0.3, -0.25) is 0 Å². The molecule has 0 amide bonds. The van der Waals surface area contributed by atoms with Crippen molar-refractivity contribution in [2.45, 2.75) is 24.6 Å².